The number of aromatic nitrogens is 2. The van der Waals surface area contributed by atoms with Crippen molar-refractivity contribution >= 4 is 24.3 Å². The summed E-state index contributed by atoms with van der Waals surface area (Å²) in [7, 11) is 3.81. The molecule has 2 saturated carbocycles. The molecule has 1 amide bonds. The Labute approximate surface area is 150 Å². The summed E-state index contributed by atoms with van der Waals surface area (Å²) in [6, 6.07) is 2.15. The minimum Gasteiger partial charge on any atom is -0.350 e. The van der Waals surface area contributed by atoms with Gasteiger partial charge < -0.3 is 16.0 Å². The van der Waals surface area contributed by atoms with Gasteiger partial charge in [-0.1, -0.05) is 6.42 Å². The third kappa shape index (κ3) is 4.16. The van der Waals surface area contributed by atoms with Gasteiger partial charge in [0.05, 0.1) is 12.2 Å². The van der Waals surface area contributed by atoms with Crippen LogP contribution in [0.5, 0.6) is 0 Å². The SMILES string of the molecule is CN(C)c1nccc(CNC(=O)C2CC3CCCC(C2)C3N)n1.Cl. The number of rotatable bonds is 4. The first-order valence-corrected chi connectivity index (χ1v) is 8.57. The molecule has 1 aromatic rings. The van der Waals surface area contributed by atoms with Gasteiger partial charge in [-0.3, -0.25) is 4.79 Å². The van der Waals surface area contributed by atoms with Crippen molar-refractivity contribution in [2.24, 2.45) is 23.5 Å². The van der Waals surface area contributed by atoms with Gasteiger partial charge in [-0.25, -0.2) is 9.97 Å². The van der Waals surface area contributed by atoms with Crippen molar-refractivity contribution in [3.63, 3.8) is 0 Å². The third-order valence-corrected chi connectivity index (χ3v) is 5.33. The molecule has 24 heavy (non-hydrogen) atoms. The molecule has 134 valence electrons. The summed E-state index contributed by atoms with van der Waals surface area (Å²) >= 11 is 0. The summed E-state index contributed by atoms with van der Waals surface area (Å²) in [6.45, 7) is 0.458. The number of carbonyl (C=O) groups is 1. The van der Waals surface area contributed by atoms with Gasteiger partial charge in [-0.05, 0) is 43.6 Å². The number of halogens is 1. The minimum atomic E-state index is 0. The Bertz CT molecular complexity index is 554. The highest BCUT2D eigenvalue weighted by Crippen LogP contribution is 2.41. The molecule has 2 fully saturated rings. The number of fused-ring (bicyclic) bond motifs is 2. The van der Waals surface area contributed by atoms with E-state index in [1.807, 2.05) is 25.1 Å². The number of nitrogens with one attached hydrogen (secondary N) is 1. The molecule has 7 heteroatoms. The van der Waals surface area contributed by atoms with Crippen LogP contribution in [-0.4, -0.2) is 36.0 Å². The van der Waals surface area contributed by atoms with E-state index in [0.29, 0.717) is 30.4 Å². The van der Waals surface area contributed by atoms with Crippen molar-refractivity contribution in [1.29, 1.82) is 0 Å². The maximum Gasteiger partial charge on any atom is 0.225 e. The first kappa shape index (κ1) is 18.9. The van der Waals surface area contributed by atoms with Crippen molar-refractivity contribution < 1.29 is 4.79 Å². The predicted octanol–water partition coefficient (Wildman–Crippen LogP) is 1.73. The second-order valence-electron chi connectivity index (χ2n) is 7.16. The molecule has 1 heterocycles. The van der Waals surface area contributed by atoms with Crippen LogP contribution in [0.2, 0.25) is 0 Å². The number of anilines is 1. The van der Waals surface area contributed by atoms with E-state index in [1.54, 1.807) is 6.20 Å². The summed E-state index contributed by atoms with van der Waals surface area (Å²) in [5, 5.41) is 3.05. The molecule has 2 aliphatic rings. The van der Waals surface area contributed by atoms with E-state index in [4.69, 9.17) is 5.73 Å². The Morgan fingerprint density at radius 3 is 2.62 bits per heavy atom. The molecular formula is C17H28ClN5O. The van der Waals surface area contributed by atoms with Gasteiger partial charge in [0.1, 0.15) is 0 Å². The summed E-state index contributed by atoms with van der Waals surface area (Å²) < 4.78 is 0. The number of nitrogens with two attached hydrogens (primary N) is 1. The summed E-state index contributed by atoms with van der Waals surface area (Å²) in [5.74, 6) is 1.98. The zero-order chi connectivity index (χ0) is 16.4. The third-order valence-electron chi connectivity index (χ3n) is 5.33. The van der Waals surface area contributed by atoms with Crippen molar-refractivity contribution in [3.8, 4) is 0 Å². The predicted molar refractivity (Wildman–Crippen MR) is 97.0 cm³/mol. The monoisotopic (exact) mass is 353 g/mol. The van der Waals surface area contributed by atoms with Crippen LogP contribution in [0, 0.1) is 17.8 Å². The number of hydrogen-bond donors (Lipinski definition) is 2. The van der Waals surface area contributed by atoms with E-state index >= 15 is 0 Å². The number of hydrogen-bond acceptors (Lipinski definition) is 5. The Kier molecular flexibility index (Phi) is 6.40. The molecule has 0 aromatic carbocycles. The molecule has 2 atom stereocenters. The van der Waals surface area contributed by atoms with Gasteiger partial charge in [-0.15, -0.1) is 12.4 Å². The van der Waals surface area contributed by atoms with Crippen LogP contribution in [0.1, 0.15) is 37.8 Å². The fourth-order valence-corrected chi connectivity index (χ4v) is 4.02. The minimum absolute atomic E-state index is 0. The molecule has 1 aromatic heterocycles. The lowest BCUT2D eigenvalue weighted by Gasteiger charge is -2.43. The lowest BCUT2D eigenvalue weighted by Crippen LogP contribution is -2.49. The molecule has 2 unspecified atom stereocenters. The first-order valence-electron chi connectivity index (χ1n) is 8.57. The molecule has 0 radical (unpaired) electrons. The van der Waals surface area contributed by atoms with Gasteiger partial charge >= 0.3 is 0 Å². The number of nitrogens with zero attached hydrogens (tertiary/aromatic N) is 3. The Morgan fingerprint density at radius 1 is 1.33 bits per heavy atom. The summed E-state index contributed by atoms with van der Waals surface area (Å²) in [4.78, 5) is 23.0. The van der Waals surface area contributed by atoms with E-state index < -0.39 is 0 Å². The van der Waals surface area contributed by atoms with Crippen LogP contribution in [0.15, 0.2) is 12.3 Å². The highest BCUT2D eigenvalue weighted by atomic mass is 35.5. The Hall–Kier alpha value is -1.40. The number of carbonyl (C=O) groups excluding carboxylic acids is 1. The van der Waals surface area contributed by atoms with Crippen molar-refractivity contribution in [2.75, 3.05) is 19.0 Å². The summed E-state index contributed by atoms with van der Waals surface area (Å²) in [6.07, 6.45) is 7.24. The average Bonchev–Trinajstić information content (AvgIpc) is 2.52. The van der Waals surface area contributed by atoms with Crippen LogP contribution in [0.25, 0.3) is 0 Å². The zero-order valence-electron chi connectivity index (χ0n) is 14.4. The average molecular weight is 354 g/mol. The van der Waals surface area contributed by atoms with Crippen molar-refractivity contribution in [3.05, 3.63) is 18.0 Å². The largest absolute Gasteiger partial charge is 0.350 e. The van der Waals surface area contributed by atoms with E-state index in [1.165, 1.54) is 19.3 Å². The molecule has 0 spiro atoms. The Morgan fingerprint density at radius 2 is 2.00 bits per heavy atom. The molecule has 2 aliphatic carbocycles. The maximum atomic E-state index is 12.5. The van der Waals surface area contributed by atoms with Gasteiger partial charge in [0, 0.05) is 32.3 Å². The van der Waals surface area contributed by atoms with E-state index in [-0.39, 0.29) is 24.2 Å². The smallest absolute Gasteiger partial charge is 0.225 e. The quantitative estimate of drug-likeness (QED) is 0.861. The van der Waals surface area contributed by atoms with Gasteiger partial charge in [0.25, 0.3) is 0 Å². The topological polar surface area (TPSA) is 84.1 Å². The van der Waals surface area contributed by atoms with Crippen LogP contribution in [0.4, 0.5) is 5.95 Å². The van der Waals surface area contributed by atoms with Gasteiger partial charge in [0.15, 0.2) is 0 Å². The molecule has 3 N–H and O–H groups in total. The van der Waals surface area contributed by atoms with Gasteiger partial charge in [0.2, 0.25) is 11.9 Å². The van der Waals surface area contributed by atoms with Gasteiger partial charge in [-0.2, -0.15) is 0 Å². The highest BCUT2D eigenvalue weighted by molar-refractivity contribution is 5.85. The number of amides is 1. The molecule has 0 saturated heterocycles. The fourth-order valence-electron chi connectivity index (χ4n) is 4.02. The fraction of sp³-hybridized carbons (Fsp3) is 0.706. The molecule has 6 nitrogen and oxygen atoms in total. The summed E-state index contributed by atoms with van der Waals surface area (Å²) in [5.41, 5.74) is 7.14. The Balaban J connectivity index is 0.00000208. The molecule has 0 aliphatic heterocycles. The van der Waals surface area contributed by atoms with E-state index in [9.17, 15) is 4.79 Å². The lowest BCUT2D eigenvalue weighted by atomic mass is 9.65. The van der Waals surface area contributed by atoms with Crippen LogP contribution < -0.4 is 16.0 Å². The second-order valence-corrected chi connectivity index (χ2v) is 7.16. The molecule has 3 rings (SSSR count). The highest BCUT2D eigenvalue weighted by Gasteiger charge is 2.40. The van der Waals surface area contributed by atoms with Crippen LogP contribution >= 0.6 is 12.4 Å². The standard InChI is InChI=1S/C17H27N5O.ClH/c1-22(2)17-19-7-6-14(21-17)10-20-16(23)13-8-11-4-3-5-12(9-13)15(11)18;/h6-7,11-13,15H,3-5,8-10,18H2,1-2H3,(H,20,23);1H. The second kappa shape index (κ2) is 8.12. The lowest BCUT2D eigenvalue weighted by molar-refractivity contribution is -0.128. The molecular weight excluding hydrogens is 326 g/mol. The van der Waals surface area contributed by atoms with Crippen LogP contribution in [-0.2, 0) is 11.3 Å². The zero-order valence-corrected chi connectivity index (χ0v) is 15.3. The van der Waals surface area contributed by atoms with E-state index in [2.05, 4.69) is 15.3 Å². The van der Waals surface area contributed by atoms with Crippen molar-refractivity contribution in [1.82, 2.24) is 15.3 Å². The first-order chi connectivity index (χ1) is 11.0. The normalized spacial score (nSPS) is 28.6. The van der Waals surface area contributed by atoms with E-state index in [0.717, 1.165) is 18.5 Å². The van der Waals surface area contributed by atoms with Crippen LogP contribution in [0.3, 0.4) is 0 Å². The maximum absolute atomic E-state index is 12.5. The van der Waals surface area contributed by atoms with Crippen molar-refractivity contribution in [2.45, 2.75) is 44.7 Å². The molecule has 2 bridgehead atoms.